The molecule has 72 valence electrons. The highest BCUT2D eigenvalue weighted by Crippen LogP contribution is 2.26. The van der Waals surface area contributed by atoms with Crippen LogP contribution >= 0.6 is 0 Å². The first-order chi connectivity index (χ1) is 6.72. The van der Waals surface area contributed by atoms with Gasteiger partial charge in [0.25, 0.3) is 0 Å². The predicted octanol–water partition coefficient (Wildman–Crippen LogP) is 1.85. The molecule has 0 bridgehead atoms. The standard InChI is InChI=1S/C11H11NO2/c1-7-3-5-9-8(11(7)14-2)4-6-10(13)12-9/h3-6H,1-2H3,(H,12,13). The summed E-state index contributed by atoms with van der Waals surface area (Å²) >= 11 is 0. The number of hydrogen-bond acceptors (Lipinski definition) is 2. The Morgan fingerprint density at radius 3 is 2.71 bits per heavy atom. The van der Waals surface area contributed by atoms with Gasteiger partial charge in [-0.2, -0.15) is 0 Å². The number of aryl methyl sites for hydroxylation is 1. The van der Waals surface area contributed by atoms with E-state index in [2.05, 4.69) is 4.98 Å². The fraction of sp³-hybridized carbons (Fsp3) is 0.182. The third kappa shape index (κ3) is 1.27. The van der Waals surface area contributed by atoms with Gasteiger partial charge in [-0.05, 0) is 24.6 Å². The van der Waals surface area contributed by atoms with Gasteiger partial charge in [0, 0.05) is 11.5 Å². The molecule has 0 aliphatic heterocycles. The first-order valence-corrected chi connectivity index (χ1v) is 4.39. The molecule has 0 saturated heterocycles. The molecule has 0 fully saturated rings. The van der Waals surface area contributed by atoms with E-state index in [1.165, 1.54) is 6.07 Å². The topological polar surface area (TPSA) is 42.1 Å². The van der Waals surface area contributed by atoms with Gasteiger partial charge in [0.1, 0.15) is 5.75 Å². The Bertz CT molecular complexity index is 528. The molecule has 3 nitrogen and oxygen atoms in total. The Labute approximate surface area is 81.3 Å². The molecule has 0 atom stereocenters. The Kier molecular flexibility index (Phi) is 2.00. The molecular weight excluding hydrogens is 178 g/mol. The van der Waals surface area contributed by atoms with Crippen LogP contribution in [0.2, 0.25) is 0 Å². The van der Waals surface area contributed by atoms with E-state index in [1.54, 1.807) is 13.2 Å². The third-order valence-corrected chi connectivity index (χ3v) is 2.26. The van der Waals surface area contributed by atoms with Crippen LogP contribution in [0.15, 0.2) is 29.1 Å². The lowest BCUT2D eigenvalue weighted by Crippen LogP contribution is -2.03. The number of methoxy groups -OCH3 is 1. The number of H-pyrrole nitrogens is 1. The minimum atomic E-state index is -0.0941. The van der Waals surface area contributed by atoms with Crippen molar-refractivity contribution in [1.82, 2.24) is 4.98 Å². The Morgan fingerprint density at radius 2 is 2.00 bits per heavy atom. The number of rotatable bonds is 1. The summed E-state index contributed by atoms with van der Waals surface area (Å²) in [6, 6.07) is 7.09. The highest BCUT2D eigenvalue weighted by molar-refractivity contribution is 5.86. The first kappa shape index (κ1) is 8.81. The van der Waals surface area contributed by atoms with Gasteiger partial charge < -0.3 is 9.72 Å². The van der Waals surface area contributed by atoms with Gasteiger partial charge in [-0.25, -0.2) is 0 Å². The quantitative estimate of drug-likeness (QED) is 0.743. The Morgan fingerprint density at radius 1 is 1.21 bits per heavy atom. The molecule has 2 rings (SSSR count). The lowest BCUT2D eigenvalue weighted by Gasteiger charge is -2.07. The van der Waals surface area contributed by atoms with Crippen molar-refractivity contribution in [3.63, 3.8) is 0 Å². The van der Waals surface area contributed by atoms with Crippen LogP contribution in [0.1, 0.15) is 5.56 Å². The highest BCUT2D eigenvalue weighted by atomic mass is 16.5. The summed E-state index contributed by atoms with van der Waals surface area (Å²) < 4.78 is 5.28. The number of benzene rings is 1. The van der Waals surface area contributed by atoms with E-state index in [0.717, 1.165) is 22.2 Å². The van der Waals surface area contributed by atoms with Crippen LogP contribution in [0.4, 0.5) is 0 Å². The Hall–Kier alpha value is -1.77. The van der Waals surface area contributed by atoms with Crippen LogP contribution in [-0.4, -0.2) is 12.1 Å². The summed E-state index contributed by atoms with van der Waals surface area (Å²) in [5.74, 6) is 0.818. The van der Waals surface area contributed by atoms with E-state index in [1.807, 2.05) is 19.1 Å². The summed E-state index contributed by atoms with van der Waals surface area (Å²) in [7, 11) is 1.63. The predicted molar refractivity (Wildman–Crippen MR) is 55.9 cm³/mol. The van der Waals surface area contributed by atoms with Crippen LogP contribution in [-0.2, 0) is 0 Å². The van der Waals surface area contributed by atoms with Gasteiger partial charge in [-0.15, -0.1) is 0 Å². The van der Waals surface area contributed by atoms with Crippen LogP contribution in [0.3, 0.4) is 0 Å². The maximum Gasteiger partial charge on any atom is 0.248 e. The average Bonchev–Trinajstić information content (AvgIpc) is 2.18. The van der Waals surface area contributed by atoms with Gasteiger partial charge in [0.2, 0.25) is 5.56 Å². The molecule has 0 unspecified atom stereocenters. The number of aromatic nitrogens is 1. The van der Waals surface area contributed by atoms with Crippen LogP contribution in [0.5, 0.6) is 5.75 Å². The molecule has 0 saturated carbocycles. The van der Waals surface area contributed by atoms with Crippen molar-refractivity contribution >= 4 is 10.9 Å². The summed E-state index contributed by atoms with van der Waals surface area (Å²) in [6.07, 6.45) is 0. The van der Waals surface area contributed by atoms with Gasteiger partial charge in [0.15, 0.2) is 0 Å². The zero-order chi connectivity index (χ0) is 10.1. The minimum absolute atomic E-state index is 0.0941. The van der Waals surface area contributed by atoms with E-state index in [9.17, 15) is 4.79 Å². The van der Waals surface area contributed by atoms with Crippen molar-refractivity contribution in [3.8, 4) is 5.75 Å². The minimum Gasteiger partial charge on any atom is -0.496 e. The van der Waals surface area contributed by atoms with Crippen molar-refractivity contribution < 1.29 is 4.74 Å². The number of pyridine rings is 1. The lowest BCUT2D eigenvalue weighted by molar-refractivity contribution is 0.416. The molecule has 0 spiro atoms. The number of aromatic amines is 1. The monoisotopic (exact) mass is 189 g/mol. The molecule has 2 aromatic rings. The molecular formula is C11H11NO2. The first-order valence-electron chi connectivity index (χ1n) is 4.39. The highest BCUT2D eigenvalue weighted by Gasteiger charge is 2.04. The third-order valence-electron chi connectivity index (χ3n) is 2.26. The molecule has 3 heteroatoms. The van der Waals surface area contributed by atoms with Gasteiger partial charge in [-0.1, -0.05) is 6.07 Å². The second-order valence-corrected chi connectivity index (χ2v) is 3.20. The fourth-order valence-electron chi connectivity index (χ4n) is 1.59. The molecule has 0 aliphatic carbocycles. The van der Waals surface area contributed by atoms with Gasteiger partial charge in [0.05, 0.1) is 12.6 Å². The zero-order valence-corrected chi connectivity index (χ0v) is 8.13. The summed E-state index contributed by atoms with van der Waals surface area (Å²) in [5, 5.41) is 0.937. The van der Waals surface area contributed by atoms with Crippen molar-refractivity contribution in [2.75, 3.05) is 7.11 Å². The lowest BCUT2D eigenvalue weighted by atomic mass is 10.1. The number of hydrogen-bond donors (Lipinski definition) is 1. The number of nitrogens with one attached hydrogen (secondary N) is 1. The summed E-state index contributed by atoms with van der Waals surface area (Å²) in [4.78, 5) is 13.8. The van der Waals surface area contributed by atoms with Crippen molar-refractivity contribution in [2.45, 2.75) is 6.92 Å². The molecule has 0 aliphatic rings. The maximum absolute atomic E-state index is 11.1. The van der Waals surface area contributed by atoms with Crippen LogP contribution in [0, 0.1) is 6.92 Å². The largest absolute Gasteiger partial charge is 0.496 e. The van der Waals surface area contributed by atoms with E-state index < -0.39 is 0 Å². The summed E-state index contributed by atoms with van der Waals surface area (Å²) in [6.45, 7) is 1.98. The van der Waals surface area contributed by atoms with E-state index in [-0.39, 0.29) is 5.56 Å². The smallest absolute Gasteiger partial charge is 0.248 e. The normalized spacial score (nSPS) is 10.4. The van der Waals surface area contributed by atoms with E-state index >= 15 is 0 Å². The summed E-state index contributed by atoms with van der Waals surface area (Å²) in [5.41, 5.74) is 1.77. The van der Waals surface area contributed by atoms with Gasteiger partial charge >= 0.3 is 0 Å². The van der Waals surface area contributed by atoms with Crippen molar-refractivity contribution in [1.29, 1.82) is 0 Å². The second-order valence-electron chi connectivity index (χ2n) is 3.20. The van der Waals surface area contributed by atoms with Crippen LogP contribution in [0.25, 0.3) is 10.9 Å². The van der Waals surface area contributed by atoms with E-state index in [4.69, 9.17) is 4.74 Å². The molecule has 1 N–H and O–H groups in total. The second kappa shape index (κ2) is 3.18. The SMILES string of the molecule is COc1c(C)ccc2[nH]c(=O)ccc12. The Balaban J connectivity index is 2.88. The van der Waals surface area contributed by atoms with Crippen molar-refractivity contribution in [2.24, 2.45) is 0 Å². The fourth-order valence-corrected chi connectivity index (χ4v) is 1.59. The molecule has 0 amide bonds. The molecule has 1 aromatic heterocycles. The molecule has 0 radical (unpaired) electrons. The van der Waals surface area contributed by atoms with Gasteiger partial charge in [-0.3, -0.25) is 4.79 Å². The van der Waals surface area contributed by atoms with Crippen molar-refractivity contribution in [3.05, 3.63) is 40.2 Å². The molecule has 14 heavy (non-hydrogen) atoms. The molecule has 1 aromatic carbocycles. The molecule has 1 heterocycles. The zero-order valence-electron chi connectivity index (χ0n) is 8.13. The average molecular weight is 189 g/mol. The number of fused-ring (bicyclic) bond motifs is 1. The maximum atomic E-state index is 11.1. The van der Waals surface area contributed by atoms with E-state index in [0.29, 0.717) is 0 Å². The van der Waals surface area contributed by atoms with Crippen LogP contribution < -0.4 is 10.3 Å². The number of ether oxygens (including phenoxy) is 1.